The van der Waals surface area contributed by atoms with E-state index in [4.69, 9.17) is 17.2 Å². The molecule has 20 heteroatoms. The minimum Gasteiger partial charge on any atom is -0.370 e. The van der Waals surface area contributed by atoms with E-state index in [1.54, 1.807) is 30.5 Å². The van der Waals surface area contributed by atoms with Crippen LogP contribution in [0.1, 0.15) is 88.1 Å². The molecule has 340 valence electrons. The molecule has 2 heterocycles. The van der Waals surface area contributed by atoms with Crippen molar-refractivity contribution < 1.29 is 38.4 Å². The molecule has 2 aromatic carbocycles. The molecule has 1 unspecified atom stereocenters. The molecule has 5 atom stereocenters. The number of amides is 8. The first-order chi connectivity index (χ1) is 30.1. The van der Waals surface area contributed by atoms with Gasteiger partial charge in [-0.2, -0.15) is 0 Å². The number of anilines is 1. The summed E-state index contributed by atoms with van der Waals surface area (Å²) in [6.45, 7) is 4.48. The third-order valence-electron chi connectivity index (χ3n) is 10.5. The largest absolute Gasteiger partial charge is 0.370 e. The van der Waals surface area contributed by atoms with Crippen molar-refractivity contribution >= 4 is 69.8 Å². The number of carbonyl (C=O) groups is 8. The van der Waals surface area contributed by atoms with Gasteiger partial charge in [-0.05, 0) is 69.2 Å². The molecule has 0 fully saturated rings. The molecule has 3 aromatic rings. The van der Waals surface area contributed by atoms with Gasteiger partial charge in [0.1, 0.15) is 36.8 Å². The van der Waals surface area contributed by atoms with Gasteiger partial charge in [0.15, 0.2) is 5.96 Å². The van der Waals surface area contributed by atoms with Gasteiger partial charge in [-0.15, -0.1) is 0 Å². The number of nitrogens with one attached hydrogen (secondary N) is 7. The van der Waals surface area contributed by atoms with Gasteiger partial charge in [0.05, 0.1) is 11.3 Å². The number of nitrogens with zero attached hydrogens (tertiary/aromatic N) is 2. The van der Waals surface area contributed by atoms with Gasteiger partial charge in [0, 0.05) is 43.5 Å². The molecule has 0 saturated heterocycles. The minimum atomic E-state index is -1.11. The Hall–Kier alpha value is -6.99. The fourth-order valence-electron chi connectivity index (χ4n) is 7.21. The van der Waals surface area contributed by atoms with E-state index >= 15 is 0 Å². The molecule has 1 aliphatic heterocycles. The molecule has 1 aliphatic rings. The number of fused-ring (bicyclic) bond motifs is 2. The lowest BCUT2D eigenvalue weighted by molar-refractivity contribution is -0.133. The van der Waals surface area contributed by atoms with Crippen molar-refractivity contribution in [1.82, 2.24) is 36.5 Å². The number of unbranched alkanes of at least 4 members (excludes halogenated alkanes) is 2. The molecule has 13 N–H and O–H groups in total. The van der Waals surface area contributed by atoms with Gasteiger partial charge < -0.3 is 59.0 Å². The molecule has 1 aromatic heterocycles. The molecule has 4 rings (SSSR count). The number of hydrogen-bond donors (Lipinski definition) is 10. The van der Waals surface area contributed by atoms with Gasteiger partial charge in [0.25, 0.3) is 5.91 Å². The zero-order valence-electron chi connectivity index (χ0n) is 36.0. The second-order valence-corrected chi connectivity index (χ2v) is 15.5. The predicted molar refractivity (Wildman–Crippen MR) is 236 cm³/mol. The summed E-state index contributed by atoms with van der Waals surface area (Å²) in [5.74, 6) is -4.74. The van der Waals surface area contributed by atoms with Crippen LogP contribution in [0.25, 0.3) is 10.9 Å². The van der Waals surface area contributed by atoms with Crippen LogP contribution in [0.3, 0.4) is 0 Å². The molecule has 20 nitrogen and oxygen atoms in total. The first kappa shape index (κ1) is 48.7. The fourth-order valence-corrected chi connectivity index (χ4v) is 7.21. The SMILES string of the molecule is CCCC[C@H](NC(C)=O)C(=O)N[C@@H](C)C(=O)N[C@@H](CCCN=C(N)N)C(=O)NCCCCC1C(=O)Nc2ccccc2C(=O)N1CC(=O)N[C@@H](Cc1c[nH]c2ccccc12)C(N)=O. The fraction of sp³-hybridized carbons (Fsp3) is 0.465. The lowest BCUT2D eigenvalue weighted by Crippen LogP contribution is -2.55. The van der Waals surface area contributed by atoms with Crippen LogP contribution < -0.4 is 49.1 Å². The molecule has 0 aliphatic carbocycles. The maximum atomic E-state index is 14.0. The molecule has 0 spiro atoms. The lowest BCUT2D eigenvalue weighted by Gasteiger charge is -2.29. The van der Waals surface area contributed by atoms with Crippen LogP contribution in [-0.2, 0) is 40.0 Å². The van der Waals surface area contributed by atoms with E-state index in [1.165, 1.54) is 18.7 Å². The van der Waals surface area contributed by atoms with Crippen LogP contribution in [-0.4, -0.2) is 113 Å². The third-order valence-corrected chi connectivity index (χ3v) is 10.5. The van der Waals surface area contributed by atoms with Gasteiger partial charge >= 0.3 is 0 Å². The number of para-hydroxylation sites is 2. The number of carbonyl (C=O) groups excluding carboxylic acids is 8. The molecule has 0 bridgehead atoms. The van der Waals surface area contributed by atoms with Crippen molar-refractivity contribution in [1.29, 1.82) is 0 Å². The van der Waals surface area contributed by atoms with E-state index in [2.05, 4.69) is 41.9 Å². The maximum Gasteiger partial charge on any atom is 0.257 e. The molecule has 0 saturated carbocycles. The summed E-state index contributed by atoms with van der Waals surface area (Å²) in [7, 11) is 0. The highest BCUT2D eigenvalue weighted by Gasteiger charge is 2.37. The second-order valence-electron chi connectivity index (χ2n) is 15.5. The van der Waals surface area contributed by atoms with E-state index in [9.17, 15) is 38.4 Å². The Morgan fingerprint density at radius 3 is 2.22 bits per heavy atom. The van der Waals surface area contributed by atoms with Crippen LogP contribution in [0.2, 0.25) is 0 Å². The summed E-state index contributed by atoms with van der Waals surface area (Å²) < 4.78 is 0. The van der Waals surface area contributed by atoms with Gasteiger partial charge in [-0.1, -0.05) is 50.1 Å². The van der Waals surface area contributed by atoms with E-state index < -0.39 is 78.1 Å². The van der Waals surface area contributed by atoms with Crippen molar-refractivity contribution in [3.8, 4) is 0 Å². The second kappa shape index (κ2) is 23.9. The predicted octanol–water partition coefficient (Wildman–Crippen LogP) is 0.168. The monoisotopic (exact) mass is 872 g/mol. The van der Waals surface area contributed by atoms with Gasteiger partial charge in [-0.25, -0.2) is 0 Å². The van der Waals surface area contributed by atoms with Crippen LogP contribution in [0.5, 0.6) is 0 Å². The molecule has 0 radical (unpaired) electrons. The number of benzene rings is 2. The third kappa shape index (κ3) is 14.6. The minimum absolute atomic E-state index is 0.0907. The Balaban J connectivity index is 1.39. The number of aromatic amines is 1. The highest BCUT2D eigenvalue weighted by molar-refractivity contribution is 6.10. The number of H-pyrrole nitrogens is 1. The first-order valence-electron chi connectivity index (χ1n) is 21.1. The topological polar surface area (TPSA) is 318 Å². The Morgan fingerprint density at radius 1 is 0.810 bits per heavy atom. The Bertz CT molecular complexity index is 2150. The van der Waals surface area contributed by atoms with Crippen molar-refractivity contribution in [2.24, 2.45) is 22.2 Å². The summed E-state index contributed by atoms with van der Waals surface area (Å²) in [6.07, 6.45) is 4.95. The summed E-state index contributed by atoms with van der Waals surface area (Å²) in [5, 5.41) is 17.0. The molecule has 63 heavy (non-hydrogen) atoms. The van der Waals surface area contributed by atoms with Crippen molar-refractivity contribution in [2.75, 3.05) is 25.0 Å². The summed E-state index contributed by atoms with van der Waals surface area (Å²) >= 11 is 0. The number of aromatic nitrogens is 1. The van der Waals surface area contributed by atoms with Crippen LogP contribution >= 0.6 is 0 Å². The molecule has 8 amide bonds. The Morgan fingerprint density at radius 2 is 1.51 bits per heavy atom. The van der Waals surface area contributed by atoms with Gasteiger partial charge in [-0.3, -0.25) is 43.3 Å². The zero-order valence-corrected chi connectivity index (χ0v) is 36.0. The summed E-state index contributed by atoms with van der Waals surface area (Å²) in [4.78, 5) is 113. The summed E-state index contributed by atoms with van der Waals surface area (Å²) in [5.41, 5.74) is 18.7. The highest BCUT2D eigenvalue weighted by Crippen LogP contribution is 2.25. The van der Waals surface area contributed by atoms with Gasteiger partial charge in [0.2, 0.25) is 41.4 Å². The average Bonchev–Trinajstić information content (AvgIpc) is 3.61. The highest BCUT2D eigenvalue weighted by atomic mass is 16.2. The number of hydrogen-bond acceptors (Lipinski definition) is 9. The normalized spacial score (nSPS) is 15.3. The smallest absolute Gasteiger partial charge is 0.257 e. The van der Waals surface area contributed by atoms with E-state index in [-0.39, 0.29) is 55.5 Å². The molecular formula is C43H60N12O8. The average molecular weight is 873 g/mol. The van der Waals surface area contributed by atoms with Crippen molar-refractivity contribution in [3.05, 3.63) is 65.9 Å². The number of primary amides is 1. The zero-order chi connectivity index (χ0) is 46.1. The molecular weight excluding hydrogens is 813 g/mol. The van der Waals surface area contributed by atoms with Crippen molar-refractivity contribution in [3.63, 3.8) is 0 Å². The Kier molecular flexibility index (Phi) is 18.4. The summed E-state index contributed by atoms with van der Waals surface area (Å²) in [6, 6.07) is 8.79. The first-order valence-corrected chi connectivity index (χ1v) is 21.1. The van der Waals surface area contributed by atoms with Crippen LogP contribution in [0.15, 0.2) is 59.7 Å². The number of rotatable bonds is 24. The van der Waals surface area contributed by atoms with E-state index in [0.717, 1.165) is 22.9 Å². The van der Waals surface area contributed by atoms with E-state index in [0.29, 0.717) is 32.1 Å². The number of nitrogens with two attached hydrogens (primary N) is 3. The van der Waals surface area contributed by atoms with Crippen LogP contribution in [0.4, 0.5) is 5.69 Å². The quantitative estimate of drug-likeness (QED) is 0.0331. The number of guanidine groups is 1. The Labute approximate surface area is 365 Å². The van der Waals surface area contributed by atoms with E-state index in [1.807, 2.05) is 31.2 Å². The lowest BCUT2D eigenvalue weighted by atomic mass is 10.0. The maximum absolute atomic E-state index is 14.0. The van der Waals surface area contributed by atoms with Crippen molar-refractivity contribution in [2.45, 2.75) is 109 Å². The standard InChI is InChI=1S/C43H60N12O8/c1-4-5-15-33(51-26(3)56)40(61)50-25(2)38(59)54-32(18-12-21-48-43(45)46)39(60)47-20-11-10-19-35-41(62)53-31-17-9-7-14-29(31)42(63)55(35)24-36(57)52-34(37(44)58)22-27-23-49-30-16-8-6-13-28(27)30/h6-9,13-14,16-17,23,25,32-35,49H,4-5,10-12,15,18-22,24H2,1-3H3,(H2,44,58)(H,47,60)(H,50,61)(H,51,56)(H,52,57)(H,53,62)(H,54,59)(H4,45,46,48)/t25-,32-,33-,34-,35?/m0/s1. The van der Waals surface area contributed by atoms with Crippen LogP contribution in [0, 0.1) is 0 Å². The number of aliphatic imine (C=N–C) groups is 1.